The van der Waals surface area contributed by atoms with E-state index in [1.807, 2.05) is 0 Å². The fourth-order valence-corrected chi connectivity index (χ4v) is 4.10. The summed E-state index contributed by atoms with van der Waals surface area (Å²) in [5.41, 5.74) is 0. The van der Waals surface area contributed by atoms with Crippen molar-refractivity contribution in [1.29, 1.82) is 0 Å². The van der Waals surface area contributed by atoms with E-state index in [2.05, 4.69) is 48.6 Å². The van der Waals surface area contributed by atoms with Crippen molar-refractivity contribution >= 4 is 0 Å². The van der Waals surface area contributed by atoms with Crippen LogP contribution in [0.15, 0.2) is 0 Å². The lowest BCUT2D eigenvalue weighted by atomic mass is 9.88. The summed E-state index contributed by atoms with van der Waals surface area (Å²) in [6.45, 7) is 3.71. The summed E-state index contributed by atoms with van der Waals surface area (Å²) in [4.78, 5) is 5.13. The van der Waals surface area contributed by atoms with Crippen LogP contribution >= 0.6 is 0 Å². The van der Waals surface area contributed by atoms with E-state index in [0.29, 0.717) is 6.04 Å². The molecule has 1 aliphatic heterocycles. The lowest BCUT2D eigenvalue weighted by molar-refractivity contribution is 0.0984. The average molecular weight is 282 g/mol. The van der Waals surface area contributed by atoms with Crippen molar-refractivity contribution in [2.24, 2.45) is 5.92 Å². The van der Waals surface area contributed by atoms with Crippen LogP contribution in [0.1, 0.15) is 32.1 Å². The highest BCUT2D eigenvalue weighted by Crippen LogP contribution is 2.24. The van der Waals surface area contributed by atoms with Gasteiger partial charge in [-0.15, -0.1) is 0 Å². The Morgan fingerprint density at radius 1 is 1.05 bits per heavy atom. The first kappa shape index (κ1) is 16.2. The van der Waals surface area contributed by atoms with Gasteiger partial charge in [-0.25, -0.2) is 0 Å². The van der Waals surface area contributed by atoms with E-state index >= 15 is 0 Å². The molecule has 0 aromatic heterocycles. The minimum Gasteiger partial charge on any atom is -0.317 e. The van der Waals surface area contributed by atoms with Crippen molar-refractivity contribution < 1.29 is 0 Å². The first-order chi connectivity index (χ1) is 9.63. The minimum absolute atomic E-state index is 0.697. The Kier molecular flexibility index (Phi) is 6.27. The van der Waals surface area contributed by atoms with Crippen molar-refractivity contribution in [3.8, 4) is 0 Å². The summed E-state index contributed by atoms with van der Waals surface area (Å²) in [6, 6.07) is 2.25. The molecule has 0 bridgehead atoms. The van der Waals surface area contributed by atoms with Crippen LogP contribution in [0.2, 0.25) is 0 Å². The average Bonchev–Trinajstić information content (AvgIpc) is 2.47. The van der Waals surface area contributed by atoms with Crippen LogP contribution in [0.25, 0.3) is 0 Å². The van der Waals surface area contributed by atoms with Crippen molar-refractivity contribution in [2.45, 2.75) is 50.2 Å². The highest BCUT2D eigenvalue weighted by Gasteiger charge is 2.30. The van der Waals surface area contributed by atoms with Crippen molar-refractivity contribution in [3.63, 3.8) is 0 Å². The van der Waals surface area contributed by atoms with E-state index in [9.17, 15) is 0 Å². The first-order valence-electron chi connectivity index (χ1n) is 8.37. The van der Waals surface area contributed by atoms with Crippen LogP contribution in [0.4, 0.5) is 0 Å². The number of nitrogens with one attached hydrogen (secondary N) is 2. The molecule has 2 fully saturated rings. The molecule has 2 atom stereocenters. The van der Waals surface area contributed by atoms with E-state index in [4.69, 9.17) is 0 Å². The number of rotatable bonds is 5. The third-order valence-electron chi connectivity index (χ3n) is 5.56. The molecule has 2 rings (SSSR count). The Bertz CT molecular complexity index is 276. The zero-order valence-corrected chi connectivity index (χ0v) is 13.9. The Morgan fingerprint density at radius 3 is 2.35 bits per heavy atom. The zero-order valence-electron chi connectivity index (χ0n) is 13.9. The Labute approximate surface area is 125 Å². The molecular weight excluding hydrogens is 248 g/mol. The van der Waals surface area contributed by atoms with E-state index in [-0.39, 0.29) is 0 Å². The SMILES string of the molecule is CNC1CCC(N(C)CC2CN(C)CCC2NC)CC1. The van der Waals surface area contributed by atoms with Gasteiger partial charge in [0.2, 0.25) is 0 Å². The third kappa shape index (κ3) is 4.17. The maximum absolute atomic E-state index is 3.54. The van der Waals surface area contributed by atoms with E-state index < -0.39 is 0 Å². The van der Waals surface area contributed by atoms with Crippen LogP contribution in [-0.2, 0) is 0 Å². The number of hydrogen-bond donors (Lipinski definition) is 2. The molecule has 4 nitrogen and oxygen atoms in total. The summed E-state index contributed by atoms with van der Waals surface area (Å²) in [6.07, 6.45) is 6.68. The second kappa shape index (κ2) is 7.74. The molecule has 0 aromatic carbocycles. The topological polar surface area (TPSA) is 30.5 Å². The molecule has 2 aliphatic rings. The number of piperidine rings is 1. The van der Waals surface area contributed by atoms with Gasteiger partial charge in [-0.3, -0.25) is 0 Å². The maximum atomic E-state index is 3.54. The first-order valence-corrected chi connectivity index (χ1v) is 8.37. The van der Waals surface area contributed by atoms with Crippen LogP contribution in [0.3, 0.4) is 0 Å². The lowest BCUT2D eigenvalue weighted by Crippen LogP contribution is -2.52. The highest BCUT2D eigenvalue weighted by molar-refractivity contribution is 4.88. The monoisotopic (exact) mass is 282 g/mol. The second-order valence-electron chi connectivity index (χ2n) is 6.94. The number of likely N-dealkylation sites (tertiary alicyclic amines) is 1. The summed E-state index contributed by atoms with van der Waals surface area (Å²) >= 11 is 0. The van der Waals surface area contributed by atoms with E-state index in [1.165, 1.54) is 51.7 Å². The highest BCUT2D eigenvalue weighted by atomic mass is 15.2. The molecule has 0 aromatic rings. The van der Waals surface area contributed by atoms with Gasteiger partial charge in [0.15, 0.2) is 0 Å². The predicted octanol–water partition coefficient (Wildman–Crippen LogP) is 0.989. The van der Waals surface area contributed by atoms with Gasteiger partial charge >= 0.3 is 0 Å². The van der Waals surface area contributed by atoms with Gasteiger partial charge in [0, 0.05) is 31.2 Å². The molecule has 1 saturated carbocycles. The molecule has 4 heteroatoms. The standard InChI is InChI=1S/C16H34N4/c1-17-14-5-7-15(8-6-14)20(4)12-13-11-19(3)10-9-16(13)18-2/h13-18H,5-12H2,1-4H3. The van der Waals surface area contributed by atoms with Gasteiger partial charge in [0.05, 0.1) is 0 Å². The largest absolute Gasteiger partial charge is 0.317 e. The Hall–Kier alpha value is -0.160. The van der Waals surface area contributed by atoms with Crippen molar-refractivity contribution in [1.82, 2.24) is 20.4 Å². The summed E-state index contributed by atoms with van der Waals surface area (Å²) in [5.74, 6) is 0.769. The fourth-order valence-electron chi connectivity index (χ4n) is 4.10. The molecule has 0 spiro atoms. The molecule has 1 aliphatic carbocycles. The Morgan fingerprint density at radius 2 is 1.75 bits per heavy atom. The number of hydrogen-bond acceptors (Lipinski definition) is 4. The normalized spacial score (nSPS) is 36.5. The van der Waals surface area contributed by atoms with Gasteiger partial charge in [0.1, 0.15) is 0 Å². The summed E-state index contributed by atoms with van der Waals surface area (Å²) in [5, 5.41) is 6.97. The quantitative estimate of drug-likeness (QED) is 0.787. The smallest absolute Gasteiger partial charge is 0.0129 e. The molecule has 0 radical (unpaired) electrons. The molecule has 0 amide bonds. The van der Waals surface area contributed by atoms with E-state index in [0.717, 1.165) is 18.0 Å². The molecule has 1 heterocycles. The van der Waals surface area contributed by atoms with Gasteiger partial charge in [-0.1, -0.05) is 0 Å². The van der Waals surface area contributed by atoms with Gasteiger partial charge in [-0.05, 0) is 72.8 Å². The van der Waals surface area contributed by atoms with E-state index in [1.54, 1.807) is 0 Å². The van der Waals surface area contributed by atoms with Crippen LogP contribution in [0, 0.1) is 5.92 Å². The van der Waals surface area contributed by atoms with Gasteiger partial charge in [0.25, 0.3) is 0 Å². The zero-order chi connectivity index (χ0) is 14.5. The molecular formula is C16H34N4. The second-order valence-corrected chi connectivity index (χ2v) is 6.94. The Balaban J connectivity index is 1.82. The molecule has 1 saturated heterocycles. The minimum atomic E-state index is 0.697. The molecule has 20 heavy (non-hydrogen) atoms. The predicted molar refractivity (Wildman–Crippen MR) is 86.2 cm³/mol. The fraction of sp³-hybridized carbons (Fsp3) is 1.00. The summed E-state index contributed by atoms with van der Waals surface area (Å²) < 4.78 is 0. The summed E-state index contributed by atoms with van der Waals surface area (Å²) in [7, 11) is 8.83. The maximum Gasteiger partial charge on any atom is 0.0129 e. The molecule has 2 unspecified atom stereocenters. The molecule has 2 N–H and O–H groups in total. The number of nitrogens with zero attached hydrogens (tertiary/aromatic N) is 2. The van der Waals surface area contributed by atoms with Gasteiger partial charge < -0.3 is 20.4 Å². The van der Waals surface area contributed by atoms with Crippen molar-refractivity contribution in [2.75, 3.05) is 47.8 Å². The van der Waals surface area contributed by atoms with Gasteiger partial charge in [-0.2, -0.15) is 0 Å². The van der Waals surface area contributed by atoms with Crippen molar-refractivity contribution in [3.05, 3.63) is 0 Å². The van der Waals surface area contributed by atoms with Crippen LogP contribution in [-0.4, -0.2) is 75.8 Å². The third-order valence-corrected chi connectivity index (χ3v) is 5.56. The molecule has 118 valence electrons. The lowest BCUT2D eigenvalue weighted by Gasteiger charge is -2.41. The van der Waals surface area contributed by atoms with Crippen LogP contribution < -0.4 is 10.6 Å². The van der Waals surface area contributed by atoms with Crippen LogP contribution in [0.5, 0.6) is 0 Å².